The Bertz CT molecular complexity index is 248. The zero-order chi connectivity index (χ0) is 9.97. The molecule has 1 N–H and O–H groups in total. The zero-order valence-corrected chi connectivity index (χ0v) is 7.99. The average Bonchev–Trinajstić information content (AvgIpc) is 2.69. The number of ether oxygens (including phenoxy) is 1. The van der Waals surface area contributed by atoms with Gasteiger partial charge in [0.05, 0.1) is 6.54 Å². The van der Waals surface area contributed by atoms with E-state index in [1.165, 1.54) is 0 Å². The standard InChI is InChI=1S/C9H14N2O3/c12-8-6-11(4-3-10-8)9(13)7-2-1-5-14-7/h7H,1-6H2,(H,10,12). The molecule has 0 aromatic heterocycles. The van der Waals surface area contributed by atoms with Gasteiger partial charge in [-0.25, -0.2) is 0 Å². The van der Waals surface area contributed by atoms with Crippen LogP contribution < -0.4 is 5.32 Å². The van der Waals surface area contributed by atoms with E-state index in [4.69, 9.17) is 4.74 Å². The number of hydrogen-bond acceptors (Lipinski definition) is 3. The average molecular weight is 198 g/mol. The topological polar surface area (TPSA) is 58.6 Å². The van der Waals surface area contributed by atoms with E-state index < -0.39 is 0 Å². The molecule has 2 aliphatic heterocycles. The summed E-state index contributed by atoms with van der Waals surface area (Å²) < 4.78 is 5.28. The number of carbonyl (C=O) groups is 2. The van der Waals surface area contributed by atoms with Crippen LogP contribution in [0.1, 0.15) is 12.8 Å². The summed E-state index contributed by atoms with van der Waals surface area (Å²) in [4.78, 5) is 24.4. The molecule has 2 heterocycles. The lowest BCUT2D eigenvalue weighted by molar-refractivity contribution is -0.145. The van der Waals surface area contributed by atoms with Crippen molar-refractivity contribution >= 4 is 11.8 Å². The third-order valence-corrected chi connectivity index (χ3v) is 2.56. The van der Waals surface area contributed by atoms with E-state index in [0.717, 1.165) is 12.8 Å². The molecule has 14 heavy (non-hydrogen) atoms. The van der Waals surface area contributed by atoms with Gasteiger partial charge in [-0.2, -0.15) is 0 Å². The molecule has 2 rings (SSSR count). The van der Waals surface area contributed by atoms with Gasteiger partial charge in [-0.05, 0) is 12.8 Å². The van der Waals surface area contributed by atoms with Crippen LogP contribution in [-0.4, -0.2) is 49.1 Å². The lowest BCUT2D eigenvalue weighted by Gasteiger charge is -2.28. The molecule has 1 unspecified atom stereocenters. The fourth-order valence-electron chi connectivity index (χ4n) is 1.80. The number of hydrogen-bond donors (Lipinski definition) is 1. The van der Waals surface area contributed by atoms with Gasteiger partial charge in [0, 0.05) is 19.7 Å². The first kappa shape index (κ1) is 9.45. The summed E-state index contributed by atoms with van der Waals surface area (Å²) in [6.45, 7) is 2.00. The Hall–Kier alpha value is -1.10. The molecule has 0 aromatic carbocycles. The molecule has 2 aliphatic rings. The number of rotatable bonds is 1. The minimum absolute atomic E-state index is 0.0302. The first-order valence-electron chi connectivity index (χ1n) is 4.94. The molecule has 2 fully saturated rings. The normalized spacial score (nSPS) is 27.6. The first-order chi connectivity index (χ1) is 6.77. The largest absolute Gasteiger partial charge is 0.368 e. The fraction of sp³-hybridized carbons (Fsp3) is 0.778. The number of nitrogens with one attached hydrogen (secondary N) is 1. The molecule has 5 heteroatoms. The Labute approximate surface area is 82.4 Å². The third kappa shape index (κ3) is 1.87. The predicted octanol–water partition coefficient (Wildman–Crippen LogP) is -0.876. The van der Waals surface area contributed by atoms with E-state index in [1.807, 2.05) is 0 Å². The Kier molecular flexibility index (Phi) is 2.67. The zero-order valence-electron chi connectivity index (χ0n) is 7.99. The Morgan fingerprint density at radius 1 is 1.57 bits per heavy atom. The third-order valence-electron chi connectivity index (χ3n) is 2.56. The van der Waals surface area contributed by atoms with Crippen molar-refractivity contribution in [3.63, 3.8) is 0 Å². The van der Waals surface area contributed by atoms with Crippen molar-refractivity contribution in [2.75, 3.05) is 26.2 Å². The van der Waals surface area contributed by atoms with Crippen LogP contribution in [0.4, 0.5) is 0 Å². The minimum Gasteiger partial charge on any atom is -0.368 e. The van der Waals surface area contributed by atoms with Crippen LogP contribution in [0.25, 0.3) is 0 Å². The fourth-order valence-corrected chi connectivity index (χ4v) is 1.80. The maximum absolute atomic E-state index is 11.8. The van der Waals surface area contributed by atoms with Crippen LogP contribution >= 0.6 is 0 Å². The quantitative estimate of drug-likeness (QED) is 0.595. The maximum atomic E-state index is 11.8. The summed E-state index contributed by atoms with van der Waals surface area (Å²) in [6, 6.07) is 0. The van der Waals surface area contributed by atoms with Crippen molar-refractivity contribution in [3.05, 3.63) is 0 Å². The lowest BCUT2D eigenvalue weighted by Crippen LogP contribution is -2.52. The van der Waals surface area contributed by atoms with Gasteiger partial charge in [0.25, 0.3) is 5.91 Å². The summed E-state index contributed by atoms with van der Waals surface area (Å²) in [6.07, 6.45) is 1.42. The van der Waals surface area contributed by atoms with Crippen LogP contribution in [0.15, 0.2) is 0 Å². The van der Waals surface area contributed by atoms with Gasteiger partial charge in [-0.15, -0.1) is 0 Å². The molecule has 0 aliphatic carbocycles. The van der Waals surface area contributed by atoms with Gasteiger partial charge in [-0.1, -0.05) is 0 Å². The molecule has 78 valence electrons. The summed E-state index contributed by atoms with van der Waals surface area (Å²) >= 11 is 0. The summed E-state index contributed by atoms with van der Waals surface area (Å²) in [7, 11) is 0. The van der Waals surface area contributed by atoms with E-state index in [0.29, 0.717) is 19.7 Å². The van der Waals surface area contributed by atoms with E-state index in [2.05, 4.69) is 5.32 Å². The number of amides is 2. The van der Waals surface area contributed by atoms with E-state index in [9.17, 15) is 9.59 Å². The molecule has 2 amide bonds. The van der Waals surface area contributed by atoms with Gasteiger partial charge in [0.2, 0.25) is 5.91 Å². The molecule has 0 aromatic rings. The molecule has 0 bridgehead atoms. The van der Waals surface area contributed by atoms with E-state index in [-0.39, 0.29) is 24.5 Å². The van der Waals surface area contributed by atoms with Crippen LogP contribution in [0.3, 0.4) is 0 Å². The van der Waals surface area contributed by atoms with E-state index >= 15 is 0 Å². The highest BCUT2D eigenvalue weighted by Crippen LogP contribution is 2.14. The summed E-state index contributed by atoms with van der Waals surface area (Å²) in [5.41, 5.74) is 0. The molecule has 0 saturated carbocycles. The predicted molar refractivity (Wildman–Crippen MR) is 48.6 cm³/mol. The van der Waals surface area contributed by atoms with Crippen LogP contribution in [0.2, 0.25) is 0 Å². The Balaban J connectivity index is 1.92. The van der Waals surface area contributed by atoms with Gasteiger partial charge >= 0.3 is 0 Å². The number of nitrogens with zero attached hydrogens (tertiary/aromatic N) is 1. The van der Waals surface area contributed by atoms with Crippen molar-refractivity contribution in [1.82, 2.24) is 10.2 Å². The SMILES string of the molecule is O=C1CN(C(=O)C2CCCO2)CCN1. The number of piperazine rings is 1. The van der Waals surface area contributed by atoms with Gasteiger partial charge in [0.15, 0.2) is 0 Å². The van der Waals surface area contributed by atoms with Crippen molar-refractivity contribution in [3.8, 4) is 0 Å². The van der Waals surface area contributed by atoms with E-state index in [1.54, 1.807) is 4.90 Å². The van der Waals surface area contributed by atoms with Gasteiger partial charge < -0.3 is 15.0 Å². The highest BCUT2D eigenvalue weighted by Gasteiger charge is 2.30. The van der Waals surface area contributed by atoms with Gasteiger partial charge in [0.1, 0.15) is 6.10 Å². The second-order valence-electron chi connectivity index (χ2n) is 3.61. The minimum atomic E-state index is -0.305. The molecule has 0 radical (unpaired) electrons. The monoisotopic (exact) mass is 198 g/mol. The van der Waals surface area contributed by atoms with Crippen molar-refractivity contribution < 1.29 is 14.3 Å². The second-order valence-corrected chi connectivity index (χ2v) is 3.61. The van der Waals surface area contributed by atoms with Gasteiger partial charge in [-0.3, -0.25) is 9.59 Å². The number of carbonyl (C=O) groups excluding carboxylic acids is 2. The van der Waals surface area contributed by atoms with Crippen molar-refractivity contribution in [2.24, 2.45) is 0 Å². The smallest absolute Gasteiger partial charge is 0.252 e. The second kappa shape index (κ2) is 3.96. The van der Waals surface area contributed by atoms with Crippen molar-refractivity contribution in [2.45, 2.75) is 18.9 Å². The summed E-state index contributed by atoms with van der Waals surface area (Å²) in [5.74, 6) is -0.111. The van der Waals surface area contributed by atoms with Crippen LogP contribution in [-0.2, 0) is 14.3 Å². The molecule has 2 saturated heterocycles. The van der Waals surface area contributed by atoms with Crippen molar-refractivity contribution in [1.29, 1.82) is 0 Å². The molecule has 1 atom stereocenters. The molecular weight excluding hydrogens is 184 g/mol. The maximum Gasteiger partial charge on any atom is 0.252 e. The lowest BCUT2D eigenvalue weighted by atomic mass is 10.2. The molecular formula is C9H14N2O3. The highest BCUT2D eigenvalue weighted by molar-refractivity contribution is 5.88. The molecule has 5 nitrogen and oxygen atoms in total. The van der Waals surface area contributed by atoms with Crippen LogP contribution in [0, 0.1) is 0 Å². The highest BCUT2D eigenvalue weighted by atomic mass is 16.5. The first-order valence-corrected chi connectivity index (χ1v) is 4.94. The Morgan fingerprint density at radius 3 is 3.07 bits per heavy atom. The Morgan fingerprint density at radius 2 is 2.43 bits per heavy atom. The summed E-state index contributed by atoms with van der Waals surface area (Å²) in [5, 5.41) is 2.68. The molecule has 0 spiro atoms. The van der Waals surface area contributed by atoms with Crippen LogP contribution in [0.5, 0.6) is 0 Å².